The normalized spacial score (nSPS) is 19.1. The number of carbonyl (C=O) groups excluding carboxylic acids is 2. The number of likely N-dealkylation sites (tertiary alicyclic amines) is 1. The quantitative estimate of drug-likeness (QED) is 0.791. The molecule has 0 unspecified atom stereocenters. The Bertz CT molecular complexity index is 895. The van der Waals surface area contributed by atoms with E-state index in [1.165, 1.54) is 18.3 Å². The van der Waals surface area contributed by atoms with Crippen LogP contribution in [0.15, 0.2) is 36.7 Å². The number of rotatable bonds is 2. The lowest BCUT2D eigenvalue weighted by Gasteiger charge is -2.46. The standard InChI is InChI=1S/C20H21FN4O3/c1-14-10-22-11-17(23-14)19(27)24-8-6-20(7-9-24)13-25(18(26)12-28-20)16-4-2-15(21)3-5-16/h2-5,10-11H,6-9,12-13H2,1H3. The molecule has 0 radical (unpaired) electrons. The van der Waals surface area contributed by atoms with Crippen LogP contribution in [0.3, 0.4) is 0 Å². The van der Waals surface area contributed by atoms with E-state index in [0.29, 0.717) is 49.6 Å². The minimum Gasteiger partial charge on any atom is -0.363 e. The number of halogens is 1. The number of nitrogens with zero attached hydrogens (tertiary/aromatic N) is 4. The molecule has 146 valence electrons. The number of piperidine rings is 1. The largest absolute Gasteiger partial charge is 0.363 e. The van der Waals surface area contributed by atoms with Crippen LogP contribution >= 0.6 is 0 Å². The first-order chi connectivity index (χ1) is 13.5. The van der Waals surface area contributed by atoms with Gasteiger partial charge in [0.05, 0.1) is 24.0 Å². The molecule has 0 N–H and O–H groups in total. The van der Waals surface area contributed by atoms with Crippen molar-refractivity contribution < 1.29 is 18.7 Å². The highest BCUT2D eigenvalue weighted by atomic mass is 19.1. The number of hydrogen-bond donors (Lipinski definition) is 0. The van der Waals surface area contributed by atoms with E-state index in [-0.39, 0.29) is 24.2 Å². The molecule has 1 aromatic carbocycles. The van der Waals surface area contributed by atoms with E-state index < -0.39 is 5.60 Å². The second-order valence-corrected chi connectivity index (χ2v) is 7.27. The van der Waals surface area contributed by atoms with Gasteiger partial charge in [-0.15, -0.1) is 0 Å². The average Bonchev–Trinajstić information content (AvgIpc) is 2.71. The van der Waals surface area contributed by atoms with Crippen LogP contribution in [0.4, 0.5) is 10.1 Å². The minimum atomic E-state index is -0.503. The third kappa shape index (κ3) is 3.60. The first-order valence-electron chi connectivity index (χ1n) is 9.24. The predicted molar refractivity (Wildman–Crippen MR) is 99.3 cm³/mol. The van der Waals surface area contributed by atoms with Crippen LogP contribution in [-0.4, -0.2) is 58.5 Å². The number of benzene rings is 1. The highest BCUT2D eigenvalue weighted by molar-refractivity contribution is 5.95. The topological polar surface area (TPSA) is 75.6 Å². The lowest BCUT2D eigenvalue weighted by atomic mass is 9.89. The Morgan fingerprint density at radius 1 is 1.18 bits per heavy atom. The molecule has 0 saturated carbocycles. The monoisotopic (exact) mass is 384 g/mol. The van der Waals surface area contributed by atoms with E-state index >= 15 is 0 Å². The predicted octanol–water partition coefficient (Wildman–Crippen LogP) is 1.96. The number of anilines is 1. The zero-order valence-electron chi connectivity index (χ0n) is 15.6. The van der Waals surface area contributed by atoms with Crippen LogP contribution in [0.2, 0.25) is 0 Å². The van der Waals surface area contributed by atoms with Crippen molar-refractivity contribution in [3.63, 3.8) is 0 Å². The number of ether oxygens (including phenoxy) is 1. The molecular weight excluding hydrogens is 363 g/mol. The zero-order valence-corrected chi connectivity index (χ0v) is 15.6. The maximum atomic E-state index is 13.2. The Labute approximate surface area is 162 Å². The van der Waals surface area contributed by atoms with Crippen molar-refractivity contribution in [3.8, 4) is 0 Å². The van der Waals surface area contributed by atoms with Crippen LogP contribution in [0.5, 0.6) is 0 Å². The van der Waals surface area contributed by atoms with E-state index in [1.807, 2.05) is 0 Å². The Morgan fingerprint density at radius 2 is 1.89 bits per heavy atom. The summed E-state index contributed by atoms with van der Waals surface area (Å²) in [6.45, 7) is 3.20. The third-order valence-electron chi connectivity index (χ3n) is 5.32. The van der Waals surface area contributed by atoms with Crippen LogP contribution in [0, 0.1) is 12.7 Å². The van der Waals surface area contributed by atoms with Crippen molar-refractivity contribution in [2.75, 3.05) is 31.1 Å². The Balaban J connectivity index is 1.45. The van der Waals surface area contributed by atoms with Gasteiger partial charge in [-0.2, -0.15) is 0 Å². The smallest absolute Gasteiger partial charge is 0.274 e. The maximum Gasteiger partial charge on any atom is 0.274 e. The number of carbonyl (C=O) groups is 2. The first-order valence-corrected chi connectivity index (χ1v) is 9.24. The number of aromatic nitrogens is 2. The molecule has 28 heavy (non-hydrogen) atoms. The van der Waals surface area contributed by atoms with Crippen molar-refractivity contribution in [2.24, 2.45) is 0 Å². The van der Waals surface area contributed by atoms with Gasteiger partial charge in [-0.3, -0.25) is 14.6 Å². The van der Waals surface area contributed by atoms with Gasteiger partial charge in [-0.1, -0.05) is 0 Å². The Kier molecular flexibility index (Phi) is 4.80. The number of aryl methyl sites for hydroxylation is 1. The van der Waals surface area contributed by atoms with Crippen molar-refractivity contribution in [2.45, 2.75) is 25.4 Å². The molecule has 2 fully saturated rings. The van der Waals surface area contributed by atoms with Gasteiger partial charge < -0.3 is 14.5 Å². The van der Waals surface area contributed by atoms with E-state index in [4.69, 9.17) is 4.74 Å². The molecule has 2 saturated heterocycles. The molecule has 0 atom stereocenters. The fourth-order valence-electron chi connectivity index (χ4n) is 3.72. The summed E-state index contributed by atoms with van der Waals surface area (Å²) in [5.74, 6) is -0.635. The fraction of sp³-hybridized carbons (Fsp3) is 0.400. The summed E-state index contributed by atoms with van der Waals surface area (Å²) in [4.78, 5) is 36.7. The second kappa shape index (κ2) is 7.27. The summed E-state index contributed by atoms with van der Waals surface area (Å²) in [7, 11) is 0. The van der Waals surface area contributed by atoms with Crippen LogP contribution in [-0.2, 0) is 9.53 Å². The number of hydrogen-bond acceptors (Lipinski definition) is 5. The molecule has 0 bridgehead atoms. The van der Waals surface area contributed by atoms with E-state index in [9.17, 15) is 14.0 Å². The summed E-state index contributed by atoms with van der Waals surface area (Å²) in [6.07, 6.45) is 4.32. The maximum absolute atomic E-state index is 13.2. The molecule has 0 aliphatic carbocycles. The van der Waals surface area contributed by atoms with Crippen molar-refractivity contribution in [1.82, 2.24) is 14.9 Å². The summed E-state index contributed by atoms with van der Waals surface area (Å²) in [6, 6.07) is 5.88. The highest BCUT2D eigenvalue weighted by Gasteiger charge is 2.43. The van der Waals surface area contributed by atoms with Crippen molar-refractivity contribution >= 4 is 17.5 Å². The molecule has 3 heterocycles. The van der Waals surface area contributed by atoms with Gasteiger partial charge in [0.1, 0.15) is 18.1 Å². The van der Waals surface area contributed by atoms with Crippen molar-refractivity contribution in [3.05, 3.63) is 53.9 Å². The molecule has 2 aliphatic rings. The van der Waals surface area contributed by atoms with E-state index in [1.54, 1.807) is 35.1 Å². The molecular formula is C20H21FN4O3. The molecule has 1 aromatic heterocycles. The first kappa shape index (κ1) is 18.5. The van der Waals surface area contributed by atoms with Crippen LogP contribution < -0.4 is 4.90 Å². The second-order valence-electron chi connectivity index (χ2n) is 7.27. The fourth-order valence-corrected chi connectivity index (χ4v) is 3.72. The number of morpholine rings is 1. The van der Waals surface area contributed by atoms with Crippen LogP contribution in [0.25, 0.3) is 0 Å². The summed E-state index contributed by atoms with van der Waals surface area (Å²) >= 11 is 0. The Hall–Kier alpha value is -2.87. The highest BCUT2D eigenvalue weighted by Crippen LogP contribution is 2.33. The summed E-state index contributed by atoms with van der Waals surface area (Å²) in [5, 5.41) is 0. The lowest BCUT2D eigenvalue weighted by Crippen LogP contribution is -2.59. The van der Waals surface area contributed by atoms with Crippen molar-refractivity contribution in [1.29, 1.82) is 0 Å². The SMILES string of the molecule is Cc1cncc(C(=O)N2CCC3(CC2)CN(c2ccc(F)cc2)C(=O)CO3)n1. The average molecular weight is 384 g/mol. The molecule has 8 heteroatoms. The Morgan fingerprint density at radius 3 is 2.57 bits per heavy atom. The molecule has 1 spiro atoms. The van der Waals surface area contributed by atoms with Crippen LogP contribution in [0.1, 0.15) is 29.0 Å². The molecule has 7 nitrogen and oxygen atoms in total. The van der Waals surface area contributed by atoms with Gasteiger partial charge in [0, 0.05) is 25.0 Å². The van der Waals surface area contributed by atoms with E-state index in [2.05, 4.69) is 9.97 Å². The van der Waals surface area contributed by atoms with E-state index in [0.717, 1.165) is 0 Å². The minimum absolute atomic E-state index is 0.0192. The van der Waals surface area contributed by atoms with Gasteiger partial charge in [0.2, 0.25) is 0 Å². The molecule has 4 rings (SSSR count). The van der Waals surface area contributed by atoms with Gasteiger partial charge in [-0.05, 0) is 44.0 Å². The lowest BCUT2D eigenvalue weighted by molar-refractivity contribution is -0.143. The molecule has 2 amide bonds. The van der Waals surface area contributed by atoms with Gasteiger partial charge >= 0.3 is 0 Å². The summed E-state index contributed by atoms with van der Waals surface area (Å²) < 4.78 is 19.1. The van der Waals surface area contributed by atoms with Gasteiger partial charge in [0.25, 0.3) is 11.8 Å². The third-order valence-corrected chi connectivity index (χ3v) is 5.32. The van der Waals surface area contributed by atoms with Gasteiger partial charge in [0.15, 0.2) is 0 Å². The molecule has 2 aromatic rings. The summed E-state index contributed by atoms with van der Waals surface area (Å²) in [5.41, 5.74) is 1.19. The molecule has 2 aliphatic heterocycles. The zero-order chi connectivity index (χ0) is 19.7. The number of amides is 2. The van der Waals surface area contributed by atoms with Gasteiger partial charge in [-0.25, -0.2) is 9.37 Å².